The van der Waals surface area contributed by atoms with Gasteiger partial charge in [0.05, 0.1) is 28.3 Å². The third-order valence-electron chi connectivity index (χ3n) is 2.82. The van der Waals surface area contributed by atoms with E-state index in [0.717, 1.165) is 18.4 Å². The zero-order valence-corrected chi connectivity index (χ0v) is 14.4. The minimum atomic E-state index is -3.57. The lowest BCUT2D eigenvalue weighted by Gasteiger charge is -2.11. The Morgan fingerprint density at radius 1 is 1.32 bits per heavy atom. The quantitative estimate of drug-likeness (QED) is 0.832. The molecule has 0 bridgehead atoms. The summed E-state index contributed by atoms with van der Waals surface area (Å²) in [5.74, 6) is 0. The van der Waals surface area contributed by atoms with Gasteiger partial charge in [-0.1, -0.05) is 24.6 Å². The fourth-order valence-electron chi connectivity index (χ4n) is 1.83. The molecule has 0 amide bonds. The molecule has 8 heteroatoms. The summed E-state index contributed by atoms with van der Waals surface area (Å²) in [5, 5.41) is 0.459. The first-order chi connectivity index (χ1) is 10.3. The first-order valence-corrected chi connectivity index (χ1v) is 9.87. The number of halogens is 1. The van der Waals surface area contributed by atoms with Gasteiger partial charge in [-0.25, -0.2) is 8.42 Å². The van der Waals surface area contributed by atoms with Crippen molar-refractivity contribution in [3.05, 3.63) is 47.1 Å². The Morgan fingerprint density at radius 2 is 2.05 bits per heavy atom. The predicted molar refractivity (Wildman–Crippen MR) is 88.4 cm³/mol. The number of rotatable bonds is 5. The normalized spacial score (nSPS) is 13.1. The number of benzene rings is 1. The van der Waals surface area contributed by atoms with Crippen molar-refractivity contribution in [3.63, 3.8) is 0 Å². The van der Waals surface area contributed by atoms with Crippen molar-refractivity contribution >= 4 is 33.0 Å². The Labute approximate surface area is 138 Å². The summed E-state index contributed by atoms with van der Waals surface area (Å²) in [6.45, 7) is 2.00. The SMILES string of the molecule is CCc1cccc(-c2cc([S+]([O-])NS(C)(=O)=O)ccc2Cl)n1. The number of sulfonamides is 1. The Balaban J connectivity index is 2.42. The molecule has 1 N–H and O–H groups in total. The van der Waals surface area contributed by atoms with E-state index in [-0.39, 0.29) is 0 Å². The lowest BCUT2D eigenvalue weighted by Crippen LogP contribution is -2.29. The van der Waals surface area contributed by atoms with E-state index in [1.807, 2.05) is 23.2 Å². The number of aromatic nitrogens is 1. The van der Waals surface area contributed by atoms with Gasteiger partial charge < -0.3 is 4.55 Å². The van der Waals surface area contributed by atoms with Crippen LogP contribution in [0.2, 0.25) is 5.02 Å². The molecule has 2 rings (SSSR count). The second-order valence-electron chi connectivity index (χ2n) is 4.63. The van der Waals surface area contributed by atoms with Gasteiger partial charge in [-0.15, -0.1) is 0 Å². The average Bonchev–Trinajstić information content (AvgIpc) is 2.46. The molecule has 118 valence electrons. The smallest absolute Gasteiger partial charge is 0.248 e. The molecular formula is C14H15ClN2O3S2. The lowest BCUT2D eigenvalue weighted by atomic mass is 10.1. The van der Waals surface area contributed by atoms with Crippen molar-refractivity contribution in [1.29, 1.82) is 0 Å². The van der Waals surface area contributed by atoms with Crippen molar-refractivity contribution in [1.82, 2.24) is 9.11 Å². The van der Waals surface area contributed by atoms with Crippen molar-refractivity contribution in [2.24, 2.45) is 0 Å². The van der Waals surface area contributed by atoms with Crippen LogP contribution in [0.1, 0.15) is 12.6 Å². The highest BCUT2D eigenvalue weighted by Crippen LogP contribution is 2.29. The van der Waals surface area contributed by atoms with Crippen LogP contribution < -0.4 is 4.13 Å². The van der Waals surface area contributed by atoms with E-state index in [9.17, 15) is 13.0 Å². The second kappa shape index (κ2) is 6.97. The molecule has 1 aromatic heterocycles. The van der Waals surface area contributed by atoms with Crippen molar-refractivity contribution < 1.29 is 13.0 Å². The lowest BCUT2D eigenvalue weighted by molar-refractivity contribution is 0.579. The predicted octanol–water partition coefficient (Wildman–Crippen LogP) is 2.54. The fourth-order valence-corrected chi connectivity index (χ4v) is 3.94. The molecule has 1 atom stereocenters. The average molecular weight is 359 g/mol. The van der Waals surface area contributed by atoms with Gasteiger partial charge in [-0.3, -0.25) is 4.98 Å². The van der Waals surface area contributed by atoms with Gasteiger partial charge in [0.15, 0.2) is 4.90 Å². The van der Waals surface area contributed by atoms with Crippen LogP contribution in [-0.4, -0.2) is 24.2 Å². The highest BCUT2D eigenvalue weighted by atomic mass is 35.5. The molecular weight excluding hydrogens is 344 g/mol. The monoisotopic (exact) mass is 358 g/mol. The molecule has 22 heavy (non-hydrogen) atoms. The maximum atomic E-state index is 12.0. The van der Waals surface area contributed by atoms with Crippen LogP contribution in [0.3, 0.4) is 0 Å². The van der Waals surface area contributed by atoms with Crippen LogP contribution in [-0.2, 0) is 27.8 Å². The van der Waals surface area contributed by atoms with E-state index in [2.05, 4.69) is 4.98 Å². The van der Waals surface area contributed by atoms with Crippen LogP contribution in [0.5, 0.6) is 0 Å². The third kappa shape index (κ3) is 4.44. The molecule has 0 aliphatic heterocycles. The van der Waals surface area contributed by atoms with E-state index in [0.29, 0.717) is 21.2 Å². The molecule has 0 aliphatic rings. The molecule has 0 fully saturated rings. The minimum Gasteiger partial charge on any atom is -0.592 e. The summed E-state index contributed by atoms with van der Waals surface area (Å²) in [6.07, 6.45) is 1.74. The fraction of sp³-hybridized carbons (Fsp3) is 0.214. The molecule has 0 aliphatic carbocycles. The Morgan fingerprint density at radius 3 is 2.68 bits per heavy atom. The standard InChI is InChI=1S/C14H15ClN2O3S2/c1-3-10-5-4-6-14(16-10)12-9-11(7-8-13(12)15)21(18)17-22(2,19)20/h4-9,17H,3H2,1-2H3. The summed E-state index contributed by atoms with van der Waals surface area (Å²) >= 11 is 4.31. The van der Waals surface area contributed by atoms with E-state index in [1.54, 1.807) is 18.2 Å². The Kier molecular flexibility index (Phi) is 5.46. The van der Waals surface area contributed by atoms with Crippen LogP contribution >= 0.6 is 11.6 Å². The summed E-state index contributed by atoms with van der Waals surface area (Å²) in [7, 11) is -3.57. The molecule has 0 saturated carbocycles. The van der Waals surface area contributed by atoms with Gasteiger partial charge in [0.25, 0.3) is 0 Å². The number of pyridine rings is 1. The molecule has 0 radical (unpaired) electrons. The first kappa shape index (κ1) is 17.2. The van der Waals surface area contributed by atoms with Crippen LogP contribution in [0.4, 0.5) is 0 Å². The highest BCUT2D eigenvalue weighted by Gasteiger charge is 2.19. The third-order valence-corrected chi connectivity index (χ3v) is 5.65. The van der Waals surface area contributed by atoms with E-state index in [4.69, 9.17) is 11.6 Å². The Hall–Kier alpha value is -1.12. The van der Waals surface area contributed by atoms with Gasteiger partial charge in [0, 0.05) is 17.3 Å². The highest BCUT2D eigenvalue weighted by molar-refractivity contribution is 8.04. The molecule has 5 nitrogen and oxygen atoms in total. The number of aryl methyl sites for hydroxylation is 1. The number of hydrogen-bond acceptors (Lipinski definition) is 4. The van der Waals surface area contributed by atoms with Gasteiger partial charge in [-0.2, -0.15) is 0 Å². The van der Waals surface area contributed by atoms with Crippen molar-refractivity contribution in [2.75, 3.05) is 6.26 Å². The summed E-state index contributed by atoms with van der Waals surface area (Å²) in [6, 6.07) is 10.3. The van der Waals surface area contributed by atoms with Crippen LogP contribution in [0.25, 0.3) is 11.3 Å². The molecule has 1 aromatic carbocycles. The molecule has 0 spiro atoms. The molecule has 2 aromatic rings. The van der Waals surface area contributed by atoms with Crippen molar-refractivity contribution in [3.8, 4) is 11.3 Å². The van der Waals surface area contributed by atoms with E-state index in [1.165, 1.54) is 6.07 Å². The number of hydrogen-bond donors (Lipinski definition) is 1. The van der Waals surface area contributed by atoms with E-state index >= 15 is 0 Å². The molecule has 1 heterocycles. The second-order valence-corrected chi connectivity index (χ2v) is 8.26. The summed E-state index contributed by atoms with van der Waals surface area (Å²) in [5.41, 5.74) is 2.18. The van der Waals surface area contributed by atoms with Crippen molar-refractivity contribution in [2.45, 2.75) is 18.2 Å². The first-order valence-electron chi connectivity index (χ1n) is 6.45. The van der Waals surface area contributed by atoms with Gasteiger partial charge in [0.2, 0.25) is 10.0 Å². The van der Waals surface area contributed by atoms with Gasteiger partial charge in [-0.05, 0) is 34.8 Å². The maximum Gasteiger partial charge on any atom is 0.248 e. The summed E-state index contributed by atoms with van der Waals surface area (Å²) < 4.78 is 36.4. The topological polar surface area (TPSA) is 82.1 Å². The summed E-state index contributed by atoms with van der Waals surface area (Å²) in [4.78, 5) is 4.79. The largest absolute Gasteiger partial charge is 0.592 e. The van der Waals surface area contributed by atoms with Crippen LogP contribution in [0.15, 0.2) is 41.3 Å². The molecule has 1 unspecified atom stereocenters. The van der Waals surface area contributed by atoms with E-state index < -0.39 is 21.4 Å². The van der Waals surface area contributed by atoms with Gasteiger partial charge in [0.1, 0.15) is 0 Å². The maximum absolute atomic E-state index is 12.0. The Bertz CT molecular complexity index is 781. The minimum absolute atomic E-state index is 0.313. The zero-order chi connectivity index (χ0) is 16.3. The van der Waals surface area contributed by atoms with Gasteiger partial charge >= 0.3 is 0 Å². The number of nitrogens with zero attached hydrogens (tertiary/aromatic N) is 1. The zero-order valence-electron chi connectivity index (χ0n) is 12.0. The molecule has 0 saturated heterocycles. The number of nitrogens with one attached hydrogen (secondary N) is 1. The van der Waals surface area contributed by atoms with Crippen LogP contribution in [0, 0.1) is 0 Å².